The predicted molar refractivity (Wildman–Crippen MR) is 108 cm³/mol. The van der Waals surface area contributed by atoms with Crippen molar-refractivity contribution in [3.63, 3.8) is 0 Å². The number of carbonyl (C=O) groups is 1. The standard InChI is InChI=1S/C22H22BrNO3/c1-27-17-8-7-13(23)10-16(17)21-19-12-6-5-11(9-12)18(19)14-3-2-4-15(22(25)26)20(14)24-21/h2-4,7-8,10-12,18-19,21,24H,5-6,9H2,1H3,(H,25,26)/t11-,12-,18-,19-,21-/m0/s1. The number of nitrogens with one attached hydrogen (secondary N) is 1. The van der Waals surface area contributed by atoms with Crippen LogP contribution in [0.4, 0.5) is 5.69 Å². The Morgan fingerprint density at radius 2 is 2.00 bits per heavy atom. The number of hydrogen-bond donors (Lipinski definition) is 2. The topological polar surface area (TPSA) is 58.6 Å². The summed E-state index contributed by atoms with van der Waals surface area (Å²) in [6.07, 6.45) is 3.78. The zero-order valence-corrected chi connectivity index (χ0v) is 16.7. The lowest BCUT2D eigenvalue weighted by Gasteiger charge is -2.44. The van der Waals surface area contributed by atoms with Crippen molar-refractivity contribution in [2.75, 3.05) is 12.4 Å². The van der Waals surface area contributed by atoms with Crippen molar-refractivity contribution in [3.8, 4) is 5.75 Å². The Morgan fingerprint density at radius 3 is 2.78 bits per heavy atom. The number of carboxylic acids is 1. The molecule has 2 N–H and O–H groups in total. The van der Waals surface area contributed by atoms with Gasteiger partial charge in [-0.2, -0.15) is 0 Å². The van der Waals surface area contributed by atoms with Crippen LogP contribution < -0.4 is 10.1 Å². The molecule has 0 radical (unpaired) electrons. The molecule has 2 bridgehead atoms. The molecule has 5 rings (SSSR count). The van der Waals surface area contributed by atoms with Gasteiger partial charge in [0.15, 0.2) is 0 Å². The third-order valence-corrected chi connectivity index (χ3v) is 7.37. The number of benzene rings is 2. The maximum atomic E-state index is 11.9. The van der Waals surface area contributed by atoms with E-state index >= 15 is 0 Å². The van der Waals surface area contributed by atoms with Crippen molar-refractivity contribution in [2.24, 2.45) is 17.8 Å². The summed E-state index contributed by atoms with van der Waals surface area (Å²) < 4.78 is 6.68. The molecule has 0 unspecified atom stereocenters. The summed E-state index contributed by atoms with van der Waals surface area (Å²) in [6, 6.07) is 11.9. The average molecular weight is 428 g/mol. The van der Waals surface area contributed by atoms with Gasteiger partial charge in [-0.05, 0) is 72.8 Å². The van der Waals surface area contributed by atoms with Gasteiger partial charge < -0.3 is 15.2 Å². The molecular formula is C22H22BrNO3. The van der Waals surface area contributed by atoms with E-state index in [1.165, 1.54) is 24.8 Å². The summed E-state index contributed by atoms with van der Waals surface area (Å²) in [5.74, 6) is 2.22. The number of para-hydroxylation sites is 1. The highest BCUT2D eigenvalue weighted by Crippen LogP contribution is 2.64. The molecule has 2 aliphatic carbocycles. The van der Waals surface area contributed by atoms with Crippen LogP contribution in [0.5, 0.6) is 5.75 Å². The number of anilines is 1. The van der Waals surface area contributed by atoms with Crippen molar-refractivity contribution in [2.45, 2.75) is 31.2 Å². The first kappa shape index (κ1) is 17.1. The molecule has 1 heterocycles. The van der Waals surface area contributed by atoms with Crippen LogP contribution in [0.15, 0.2) is 40.9 Å². The third kappa shape index (κ3) is 2.51. The van der Waals surface area contributed by atoms with E-state index in [9.17, 15) is 9.90 Å². The van der Waals surface area contributed by atoms with Crippen LogP contribution in [0.2, 0.25) is 0 Å². The van der Waals surface area contributed by atoms with Crippen LogP contribution >= 0.6 is 15.9 Å². The van der Waals surface area contributed by atoms with E-state index < -0.39 is 5.97 Å². The first-order valence-corrected chi connectivity index (χ1v) is 10.3. The first-order valence-electron chi connectivity index (χ1n) is 9.54. The lowest BCUT2D eigenvalue weighted by atomic mass is 9.67. The summed E-state index contributed by atoms with van der Waals surface area (Å²) in [4.78, 5) is 11.9. The van der Waals surface area contributed by atoms with E-state index in [1.54, 1.807) is 13.2 Å². The summed E-state index contributed by atoms with van der Waals surface area (Å²) in [5.41, 5.74) is 3.47. The number of rotatable bonds is 3. The highest BCUT2D eigenvalue weighted by atomic mass is 79.9. The van der Waals surface area contributed by atoms with Gasteiger partial charge in [-0.3, -0.25) is 0 Å². The summed E-state index contributed by atoms with van der Waals surface area (Å²) in [6.45, 7) is 0. The Morgan fingerprint density at radius 1 is 1.19 bits per heavy atom. The number of ether oxygens (including phenoxy) is 1. The van der Waals surface area contributed by atoms with Gasteiger partial charge in [0.05, 0.1) is 24.4 Å². The number of methoxy groups -OCH3 is 1. The van der Waals surface area contributed by atoms with Gasteiger partial charge in [0.25, 0.3) is 0 Å². The molecule has 2 aromatic carbocycles. The summed E-state index contributed by atoms with van der Waals surface area (Å²) >= 11 is 3.60. The van der Waals surface area contributed by atoms with E-state index in [4.69, 9.17) is 4.74 Å². The van der Waals surface area contributed by atoms with E-state index in [0.29, 0.717) is 29.2 Å². The molecule has 5 heteroatoms. The van der Waals surface area contributed by atoms with Crippen molar-refractivity contribution in [3.05, 3.63) is 57.6 Å². The lowest BCUT2D eigenvalue weighted by molar-refractivity contribution is 0.0697. The predicted octanol–water partition coefficient (Wildman–Crippen LogP) is 5.45. The van der Waals surface area contributed by atoms with Gasteiger partial charge in [-0.25, -0.2) is 4.79 Å². The van der Waals surface area contributed by atoms with Crippen LogP contribution in [-0.2, 0) is 0 Å². The van der Waals surface area contributed by atoms with Crippen LogP contribution in [-0.4, -0.2) is 18.2 Å². The van der Waals surface area contributed by atoms with Gasteiger partial charge in [-0.15, -0.1) is 0 Å². The minimum absolute atomic E-state index is 0.0609. The Balaban J connectivity index is 1.70. The second kappa shape index (κ2) is 6.26. The van der Waals surface area contributed by atoms with Crippen molar-refractivity contribution < 1.29 is 14.6 Å². The van der Waals surface area contributed by atoms with Crippen molar-refractivity contribution in [1.82, 2.24) is 0 Å². The minimum atomic E-state index is -0.874. The Kier molecular flexibility index (Phi) is 3.97. The maximum absolute atomic E-state index is 11.9. The van der Waals surface area contributed by atoms with E-state index in [-0.39, 0.29) is 6.04 Å². The fourth-order valence-corrected chi connectivity index (χ4v) is 6.33. The normalized spacial score (nSPS) is 30.4. The van der Waals surface area contributed by atoms with Crippen LogP contribution in [0, 0.1) is 17.8 Å². The van der Waals surface area contributed by atoms with Crippen molar-refractivity contribution >= 4 is 27.6 Å². The highest BCUT2D eigenvalue weighted by molar-refractivity contribution is 9.10. The number of carboxylic acid groups (broad SMARTS) is 1. The third-order valence-electron chi connectivity index (χ3n) is 6.88. The molecular weight excluding hydrogens is 406 g/mol. The van der Waals surface area contributed by atoms with Gasteiger partial charge in [0.1, 0.15) is 5.75 Å². The van der Waals surface area contributed by atoms with E-state index in [0.717, 1.165) is 21.5 Å². The molecule has 0 amide bonds. The minimum Gasteiger partial charge on any atom is -0.496 e. The molecule has 2 aromatic rings. The fraction of sp³-hybridized carbons (Fsp3) is 0.409. The van der Waals surface area contributed by atoms with Gasteiger partial charge >= 0.3 is 5.97 Å². The zero-order chi connectivity index (χ0) is 18.7. The number of hydrogen-bond acceptors (Lipinski definition) is 3. The number of fused-ring (bicyclic) bond motifs is 7. The molecule has 2 saturated carbocycles. The molecule has 3 aliphatic rings. The van der Waals surface area contributed by atoms with Crippen LogP contribution in [0.25, 0.3) is 0 Å². The van der Waals surface area contributed by atoms with Gasteiger partial charge in [-0.1, -0.05) is 28.1 Å². The molecule has 0 spiro atoms. The average Bonchev–Trinajstić information content (AvgIpc) is 3.29. The smallest absolute Gasteiger partial charge is 0.337 e. The van der Waals surface area contributed by atoms with Crippen molar-refractivity contribution in [1.29, 1.82) is 0 Å². The van der Waals surface area contributed by atoms with Gasteiger partial charge in [0, 0.05) is 10.0 Å². The molecule has 4 nitrogen and oxygen atoms in total. The van der Waals surface area contributed by atoms with E-state index in [2.05, 4.69) is 33.4 Å². The monoisotopic (exact) mass is 427 g/mol. The first-order chi connectivity index (χ1) is 13.1. The molecule has 2 fully saturated rings. The Labute approximate surface area is 167 Å². The second-order valence-electron chi connectivity index (χ2n) is 8.02. The molecule has 5 atom stereocenters. The van der Waals surface area contributed by atoms with Gasteiger partial charge in [0.2, 0.25) is 0 Å². The highest BCUT2D eigenvalue weighted by Gasteiger charge is 2.54. The fourth-order valence-electron chi connectivity index (χ4n) is 5.95. The molecule has 1 aliphatic heterocycles. The van der Waals surface area contributed by atoms with E-state index in [1.807, 2.05) is 18.2 Å². The summed E-state index contributed by atoms with van der Waals surface area (Å²) in [5, 5.41) is 13.4. The SMILES string of the molecule is COc1ccc(Br)cc1[C@@H]1Nc2c(C(=O)O)cccc2[C@@H]2[C@H]3CC[C@@H](C3)[C@@H]21. The second-order valence-corrected chi connectivity index (χ2v) is 8.94. The molecule has 27 heavy (non-hydrogen) atoms. The van der Waals surface area contributed by atoms with Crippen LogP contribution in [0.3, 0.4) is 0 Å². The molecule has 0 saturated heterocycles. The molecule has 140 valence electrons. The number of halogens is 1. The number of aromatic carboxylic acids is 1. The Bertz CT molecular complexity index is 928. The maximum Gasteiger partial charge on any atom is 0.337 e. The zero-order valence-electron chi connectivity index (χ0n) is 15.1. The lowest BCUT2D eigenvalue weighted by Crippen LogP contribution is -2.36. The quantitative estimate of drug-likeness (QED) is 0.683. The largest absolute Gasteiger partial charge is 0.496 e. The summed E-state index contributed by atoms with van der Waals surface area (Å²) in [7, 11) is 1.70. The Hall–Kier alpha value is -2.01. The van der Waals surface area contributed by atoms with Crippen LogP contribution in [0.1, 0.15) is 52.7 Å². The molecule has 0 aromatic heterocycles.